The zero-order valence-corrected chi connectivity index (χ0v) is 12.7. The van der Waals surface area contributed by atoms with Gasteiger partial charge in [0.15, 0.2) is 0 Å². The van der Waals surface area contributed by atoms with E-state index in [1.807, 2.05) is 0 Å². The Kier molecular flexibility index (Phi) is 5.10. The Morgan fingerprint density at radius 2 is 1.90 bits per heavy atom. The minimum absolute atomic E-state index is 0. The first-order valence-corrected chi connectivity index (χ1v) is 6.48. The molecule has 112 valence electrons. The second-order valence-corrected chi connectivity index (χ2v) is 5.61. The molecule has 1 saturated carbocycles. The van der Waals surface area contributed by atoms with Gasteiger partial charge in [-0.2, -0.15) is 13.2 Å². The van der Waals surface area contributed by atoms with Crippen LogP contribution < -0.4 is 11.1 Å². The summed E-state index contributed by atoms with van der Waals surface area (Å²) in [6, 6.07) is 3.26. The number of alkyl halides is 3. The van der Waals surface area contributed by atoms with Gasteiger partial charge in [-0.25, -0.2) is 0 Å². The van der Waals surface area contributed by atoms with Crippen LogP contribution in [0.2, 0.25) is 0 Å². The second kappa shape index (κ2) is 5.91. The van der Waals surface area contributed by atoms with Crippen LogP contribution >= 0.6 is 28.3 Å². The molecule has 1 aliphatic rings. The Labute approximate surface area is 128 Å². The van der Waals surface area contributed by atoms with Crippen LogP contribution in [-0.2, 0) is 11.0 Å². The van der Waals surface area contributed by atoms with Crippen LogP contribution in [-0.4, -0.2) is 11.4 Å². The zero-order chi connectivity index (χ0) is 14.3. The van der Waals surface area contributed by atoms with Gasteiger partial charge in [0.2, 0.25) is 5.91 Å². The van der Waals surface area contributed by atoms with Crippen LogP contribution in [0, 0.1) is 0 Å². The van der Waals surface area contributed by atoms with Crippen molar-refractivity contribution in [1.29, 1.82) is 0 Å². The lowest BCUT2D eigenvalue weighted by Gasteiger charge is -2.36. The number of hydrogen-bond acceptors (Lipinski definition) is 2. The first kappa shape index (κ1) is 17.3. The van der Waals surface area contributed by atoms with Gasteiger partial charge in [0.05, 0.1) is 11.1 Å². The number of halogens is 5. The zero-order valence-electron chi connectivity index (χ0n) is 10.3. The number of hydrogen-bond donors (Lipinski definition) is 2. The first-order valence-electron chi connectivity index (χ1n) is 5.69. The van der Waals surface area contributed by atoms with Gasteiger partial charge in [-0.3, -0.25) is 4.79 Å². The molecule has 1 aromatic carbocycles. The van der Waals surface area contributed by atoms with Crippen molar-refractivity contribution in [3.05, 3.63) is 28.2 Å². The third-order valence-electron chi connectivity index (χ3n) is 3.18. The molecule has 0 bridgehead atoms. The summed E-state index contributed by atoms with van der Waals surface area (Å²) in [5.74, 6) is -0.440. The second-order valence-electron chi connectivity index (χ2n) is 4.69. The fraction of sp³-hybridized carbons (Fsp3) is 0.417. The van der Waals surface area contributed by atoms with Crippen LogP contribution in [0.5, 0.6) is 0 Å². The van der Waals surface area contributed by atoms with Crippen LogP contribution in [0.25, 0.3) is 0 Å². The molecule has 1 fully saturated rings. The van der Waals surface area contributed by atoms with Crippen molar-refractivity contribution in [2.75, 3.05) is 5.32 Å². The third-order valence-corrected chi connectivity index (χ3v) is 3.64. The average molecular weight is 374 g/mol. The van der Waals surface area contributed by atoms with Gasteiger partial charge < -0.3 is 11.1 Å². The lowest BCUT2D eigenvalue weighted by molar-refractivity contribution is -0.137. The highest BCUT2D eigenvalue weighted by Gasteiger charge is 2.40. The summed E-state index contributed by atoms with van der Waals surface area (Å²) < 4.78 is 38.2. The molecule has 3 N–H and O–H groups in total. The number of carbonyl (C=O) groups excluding carboxylic acids is 1. The van der Waals surface area contributed by atoms with E-state index in [4.69, 9.17) is 5.73 Å². The molecular formula is C12H13BrClF3N2O. The Hall–Kier alpha value is -0.790. The van der Waals surface area contributed by atoms with Crippen LogP contribution in [0.1, 0.15) is 24.8 Å². The molecule has 20 heavy (non-hydrogen) atoms. The van der Waals surface area contributed by atoms with E-state index in [0.29, 0.717) is 12.8 Å². The number of nitrogens with one attached hydrogen (secondary N) is 1. The van der Waals surface area contributed by atoms with Gasteiger partial charge in [0, 0.05) is 10.2 Å². The summed E-state index contributed by atoms with van der Waals surface area (Å²) >= 11 is 2.99. The van der Waals surface area contributed by atoms with E-state index in [-0.39, 0.29) is 22.6 Å². The highest BCUT2D eigenvalue weighted by Crippen LogP contribution is 2.34. The predicted octanol–water partition coefficient (Wildman–Crippen LogP) is 3.71. The van der Waals surface area contributed by atoms with Gasteiger partial charge in [-0.05, 0) is 37.5 Å². The van der Waals surface area contributed by atoms with Crippen LogP contribution in [0.3, 0.4) is 0 Å². The molecule has 0 atom stereocenters. The molecule has 1 amide bonds. The first-order chi connectivity index (χ1) is 8.71. The number of rotatable bonds is 2. The molecule has 2 rings (SSSR count). The van der Waals surface area contributed by atoms with Crippen LogP contribution in [0.15, 0.2) is 22.7 Å². The standard InChI is InChI=1S/C12H12BrF3N2O.ClH/c13-8-4-7(12(14,15)16)5-9(6-8)18-10(19)11(17)2-1-3-11;/h4-6H,1-3,17H2,(H,18,19);1H. The Bertz CT molecular complexity index is 518. The van der Waals surface area contributed by atoms with Crippen LogP contribution in [0.4, 0.5) is 18.9 Å². The number of nitrogens with two attached hydrogens (primary N) is 1. The molecule has 0 heterocycles. The Balaban J connectivity index is 0.00000200. The van der Waals surface area contributed by atoms with Crippen molar-refractivity contribution >= 4 is 39.9 Å². The molecule has 0 radical (unpaired) electrons. The maximum absolute atomic E-state index is 12.6. The highest BCUT2D eigenvalue weighted by molar-refractivity contribution is 9.10. The lowest BCUT2D eigenvalue weighted by Crippen LogP contribution is -2.56. The summed E-state index contributed by atoms with van der Waals surface area (Å²) in [6.45, 7) is 0. The minimum atomic E-state index is -4.46. The normalized spacial score (nSPS) is 16.9. The van der Waals surface area contributed by atoms with Crippen molar-refractivity contribution in [2.45, 2.75) is 31.0 Å². The van der Waals surface area contributed by atoms with Crippen molar-refractivity contribution in [3.8, 4) is 0 Å². The monoisotopic (exact) mass is 372 g/mol. The van der Waals surface area contributed by atoms with Crippen molar-refractivity contribution in [1.82, 2.24) is 0 Å². The Morgan fingerprint density at radius 3 is 2.35 bits per heavy atom. The fourth-order valence-electron chi connectivity index (χ4n) is 1.87. The Morgan fingerprint density at radius 1 is 1.30 bits per heavy atom. The fourth-order valence-corrected chi connectivity index (χ4v) is 2.36. The van der Waals surface area contributed by atoms with Gasteiger partial charge in [-0.15, -0.1) is 12.4 Å². The van der Waals surface area contributed by atoms with E-state index in [2.05, 4.69) is 21.2 Å². The van der Waals surface area contributed by atoms with E-state index in [9.17, 15) is 18.0 Å². The third kappa shape index (κ3) is 3.65. The minimum Gasteiger partial charge on any atom is -0.324 e. The maximum Gasteiger partial charge on any atom is 0.416 e. The summed E-state index contributed by atoms with van der Waals surface area (Å²) in [5.41, 5.74) is 4.13. The van der Waals surface area contributed by atoms with Gasteiger partial charge >= 0.3 is 6.18 Å². The smallest absolute Gasteiger partial charge is 0.324 e. The van der Waals surface area contributed by atoms with Crippen molar-refractivity contribution < 1.29 is 18.0 Å². The highest BCUT2D eigenvalue weighted by atomic mass is 79.9. The van der Waals surface area contributed by atoms with E-state index in [1.165, 1.54) is 6.07 Å². The molecule has 1 aliphatic carbocycles. The molecule has 8 heteroatoms. The topological polar surface area (TPSA) is 55.1 Å². The van der Waals surface area contributed by atoms with Crippen molar-refractivity contribution in [3.63, 3.8) is 0 Å². The number of amides is 1. The van der Waals surface area contributed by atoms with E-state index in [0.717, 1.165) is 18.6 Å². The molecule has 0 unspecified atom stereocenters. The van der Waals surface area contributed by atoms with E-state index >= 15 is 0 Å². The summed E-state index contributed by atoms with van der Waals surface area (Å²) in [5, 5.41) is 2.44. The molecular weight excluding hydrogens is 360 g/mol. The molecule has 3 nitrogen and oxygen atoms in total. The number of benzene rings is 1. The summed E-state index contributed by atoms with van der Waals surface area (Å²) in [7, 11) is 0. The van der Waals surface area contributed by atoms with Gasteiger partial charge in [-0.1, -0.05) is 15.9 Å². The molecule has 0 aliphatic heterocycles. The molecule has 0 saturated heterocycles. The summed E-state index contributed by atoms with van der Waals surface area (Å²) in [4.78, 5) is 11.9. The number of carbonyl (C=O) groups is 1. The largest absolute Gasteiger partial charge is 0.416 e. The lowest BCUT2D eigenvalue weighted by atomic mass is 9.77. The average Bonchev–Trinajstić information content (AvgIpc) is 2.23. The summed E-state index contributed by atoms with van der Waals surface area (Å²) in [6.07, 6.45) is -2.49. The quantitative estimate of drug-likeness (QED) is 0.830. The maximum atomic E-state index is 12.6. The van der Waals surface area contributed by atoms with E-state index in [1.54, 1.807) is 0 Å². The van der Waals surface area contributed by atoms with Gasteiger partial charge in [0.25, 0.3) is 0 Å². The SMILES string of the molecule is Cl.NC1(C(=O)Nc2cc(Br)cc(C(F)(F)F)c2)CCC1. The van der Waals surface area contributed by atoms with Crippen molar-refractivity contribution in [2.24, 2.45) is 5.73 Å². The van der Waals surface area contributed by atoms with E-state index < -0.39 is 23.2 Å². The molecule has 0 aromatic heterocycles. The van der Waals surface area contributed by atoms with Gasteiger partial charge in [0.1, 0.15) is 0 Å². The number of anilines is 1. The molecule has 0 spiro atoms. The molecule has 1 aromatic rings. The predicted molar refractivity (Wildman–Crippen MR) is 75.8 cm³/mol.